The molecular formula is C9H14N2O2. The van der Waals surface area contributed by atoms with Gasteiger partial charge in [-0.2, -0.15) is 0 Å². The number of amides is 2. The standard InChI is InChI=1S/C9H14N2O2/c1-9(2,3)10-6-11-7(12)4-5-8(11)13/h4-5,10H,6H2,1-3H3. The Morgan fingerprint density at radius 3 is 2.08 bits per heavy atom. The highest BCUT2D eigenvalue weighted by Crippen LogP contribution is 2.04. The van der Waals surface area contributed by atoms with Crippen molar-refractivity contribution in [3.63, 3.8) is 0 Å². The van der Waals surface area contributed by atoms with E-state index in [9.17, 15) is 9.59 Å². The Morgan fingerprint density at radius 1 is 1.23 bits per heavy atom. The quantitative estimate of drug-likeness (QED) is 0.623. The second-order valence-corrected chi connectivity index (χ2v) is 4.02. The van der Waals surface area contributed by atoms with Gasteiger partial charge in [0.2, 0.25) is 0 Å². The minimum Gasteiger partial charge on any atom is -0.295 e. The van der Waals surface area contributed by atoms with Crippen molar-refractivity contribution in [2.24, 2.45) is 0 Å². The van der Waals surface area contributed by atoms with E-state index < -0.39 is 0 Å². The van der Waals surface area contributed by atoms with Gasteiger partial charge in [0.05, 0.1) is 6.67 Å². The summed E-state index contributed by atoms with van der Waals surface area (Å²) in [7, 11) is 0. The summed E-state index contributed by atoms with van der Waals surface area (Å²) in [6, 6.07) is 0. The predicted octanol–water partition coefficient (Wildman–Crippen LogP) is 0.257. The minimum atomic E-state index is -0.248. The van der Waals surface area contributed by atoms with Gasteiger partial charge in [0.25, 0.3) is 11.8 Å². The molecular weight excluding hydrogens is 168 g/mol. The lowest BCUT2D eigenvalue weighted by Crippen LogP contribution is -2.46. The lowest BCUT2D eigenvalue weighted by molar-refractivity contribution is -0.137. The van der Waals surface area contributed by atoms with E-state index in [4.69, 9.17) is 0 Å². The average Bonchev–Trinajstić information content (AvgIpc) is 2.27. The van der Waals surface area contributed by atoms with Crippen molar-refractivity contribution in [1.29, 1.82) is 0 Å². The highest BCUT2D eigenvalue weighted by molar-refractivity contribution is 6.12. The summed E-state index contributed by atoms with van der Waals surface area (Å²) in [5.74, 6) is -0.497. The molecule has 4 heteroatoms. The zero-order valence-electron chi connectivity index (χ0n) is 8.13. The van der Waals surface area contributed by atoms with Crippen molar-refractivity contribution in [3.05, 3.63) is 12.2 Å². The van der Waals surface area contributed by atoms with Gasteiger partial charge in [0.15, 0.2) is 0 Å². The van der Waals surface area contributed by atoms with Crippen LogP contribution in [-0.4, -0.2) is 28.9 Å². The van der Waals surface area contributed by atoms with Gasteiger partial charge in [-0.3, -0.25) is 19.8 Å². The number of rotatable bonds is 2. The molecule has 1 aliphatic rings. The topological polar surface area (TPSA) is 49.4 Å². The summed E-state index contributed by atoms with van der Waals surface area (Å²) in [5, 5.41) is 3.07. The van der Waals surface area contributed by atoms with Gasteiger partial charge >= 0.3 is 0 Å². The first kappa shape index (κ1) is 9.92. The second-order valence-electron chi connectivity index (χ2n) is 4.02. The number of imide groups is 1. The van der Waals surface area contributed by atoms with Crippen molar-refractivity contribution in [1.82, 2.24) is 10.2 Å². The maximum absolute atomic E-state index is 11.1. The van der Waals surface area contributed by atoms with Crippen molar-refractivity contribution in [2.45, 2.75) is 26.3 Å². The first-order valence-electron chi connectivity index (χ1n) is 4.19. The van der Waals surface area contributed by atoms with E-state index in [0.717, 1.165) is 0 Å². The third kappa shape index (κ3) is 2.66. The van der Waals surface area contributed by atoms with E-state index in [1.54, 1.807) is 0 Å². The van der Waals surface area contributed by atoms with Crippen LogP contribution in [0.2, 0.25) is 0 Å². The van der Waals surface area contributed by atoms with E-state index >= 15 is 0 Å². The van der Waals surface area contributed by atoms with Gasteiger partial charge in [0, 0.05) is 17.7 Å². The van der Waals surface area contributed by atoms with E-state index in [1.807, 2.05) is 20.8 Å². The van der Waals surface area contributed by atoms with Gasteiger partial charge in [-0.25, -0.2) is 0 Å². The molecule has 2 amide bonds. The molecule has 0 bridgehead atoms. The molecule has 0 radical (unpaired) electrons. The molecule has 0 aromatic heterocycles. The van der Waals surface area contributed by atoms with E-state index in [2.05, 4.69) is 5.32 Å². The summed E-state index contributed by atoms with van der Waals surface area (Å²) in [4.78, 5) is 23.3. The molecule has 0 fully saturated rings. The van der Waals surface area contributed by atoms with Crippen molar-refractivity contribution in [2.75, 3.05) is 6.67 Å². The molecule has 0 spiro atoms. The number of hydrogen-bond acceptors (Lipinski definition) is 3. The molecule has 0 saturated heterocycles. The van der Waals surface area contributed by atoms with Gasteiger partial charge in [0.1, 0.15) is 0 Å². The Labute approximate surface area is 77.6 Å². The fourth-order valence-electron chi connectivity index (χ4n) is 0.903. The highest BCUT2D eigenvalue weighted by Gasteiger charge is 2.24. The van der Waals surface area contributed by atoms with E-state index in [-0.39, 0.29) is 24.0 Å². The van der Waals surface area contributed by atoms with Crippen LogP contribution >= 0.6 is 0 Å². The smallest absolute Gasteiger partial charge is 0.254 e. The summed E-state index contributed by atoms with van der Waals surface area (Å²) in [5.41, 5.74) is -0.0941. The normalized spacial score (nSPS) is 17.3. The van der Waals surface area contributed by atoms with Crippen LogP contribution in [0, 0.1) is 0 Å². The zero-order valence-corrected chi connectivity index (χ0v) is 8.13. The molecule has 4 nitrogen and oxygen atoms in total. The molecule has 0 aromatic carbocycles. The van der Waals surface area contributed by atoms with Crippen LogP contribution < -0.4 is 5.32 Å². The van der Waals surface area contributed by atoms with Gasteiger partial charge in [-0.05, 0) is 20.8 Å². The summed E-state index contributed by atoms with van der Waals surface area (Å²) >= 11 is 0. The molecule has 1 heterocycles. The van der Waals surface area contributed by atoms with Crippen LogP contribution in [-0.2, 0) is 9.59 Å². The third-order valence-corrected chi connectivity index (χ3v) is 1.67. The van der Waals surface area contributed by atoms with E-state index in [0.29, 0.717) is 0 Å². The molecule has 72 valence electrons. The molecule has 0 atom stereocenters. The summed E-state index contributed by atoms with van der Waals surface area (Å²) < 4.78 is 0. The molecule has 0 aliphatic carbocycles. The average molecular weight is 182 g/mol. The number of nitrogens with one attached hydrogen (secondary N) is 1. The molecule has 1 rings (SSSR count). The van der Waals surface area contributed by atoms with Crippen LogP contribution in [0.4, 0.5) is 0 Å². The zero-order chi connectivity index (χ0) is 10.1. The lowest BCUT2D eigenvalue weighted by Gasteiger charge is -2.24. The van der Waals surface area contributed by atoms with Crippen LogP contribution in [0.15, 0.2) is 12.2 Å². The van der Waals surface area contributed by atoms with Crippen molar-refractivity contribution >= 4 is 11.8 Å². The van der Waals surface area contributed by atoms with Crippen LogP contribution in [0.1, 0.15) is 20.8 Å². The van der Waals surface area contributed by atoms with Crippen LogP contribution in [0.3, 0.4) is 0 Å². The Balaban J connectivity index is 2.47. The highest BCUT2D eigenvalue weighted by atomic mass is 16.2. The van der Waals surface area contributed by atoms with Crippen LogP contribution in [0.5, 0.6) is 0 Å². The largest absolute Gasteiger partial charge is 0.295 e. The molecule has 1 N–H and O–H groups in total. The van der Waals surface area contributed by atoms with Gasteiger partial charge in [-0.1, -0.05) is 0 Å². The molecule has 0 aromatic rings. The first-order valence-corrected chi connectivity index (χ1v) is 4.19. The number of carbonyl (C=O) groups is 2. The monoisotopic (exact) mass is 182 g/mol. The minimum absolute atomic E-state index is 0.0941. The summed E-state index contributed by atoms with van der Waals surface area (Å²) in [6.45, 7) is 6.20. The molecule has 1 aliphatic heterocycles. The SMILES string of the molecule is CC(C)(C)NCN1C(=O)C=CC1=O. The Hall–Kier alpha value is -1.16. The Kier molecular flexibility index (Phi) is 2.52. The molecule has 0 saturated carbocycles. The Bertz CT molecular complexity index is 245. The number of nitrogens with zero attached hydrogens (tertiary/aromatic N) is 1. The molecule has 13 heavy (non-hydrogen) atoms. The van der Waals surface area contributed by atoms with Crippen molar-refractivity contribution in [3.8, 4) is 0 Å². The fourth-order valence-corrected chi connectivity index (χ4v) is 0.903. The van der Waals surface area contributed by atoms with Crippen LogP contribution in [0.25, 0.3) is 0 Å². The second kappa shape index (κ2) is 3.30. The number of carbonyl (C=O) groups excluding carboxylic acids is 2. The van der Waals surface area contributed by atoms with Gasteiger partial charge in [-0.15, -0.1) is 0 Å². The number of hydrogen-bond donors (Lipinski definition) is 1. The maximum Gasteiger partial charge on any atom is 0.254 e. The summed E-state index contributed by atoms with van der Waals surface area (Å²) in [6.07, 6.45) is 2.57. The van der Waals surface area contributed by atoms with Gasteiger partial charge < -0.3 is 0 Å². The Morgan fingerprint density at radius 2 is 1.69 bits per heavy atom. The third-order valence-electron chi connectivity index (χ3n) is 1.67. The fraction of sp³-hybridized carbons (Fsp3) is 0.556. The predicted molar refractivity (Wildman–Crippen MR) is 48.7 cm³/mol. The van der Waals surface area contributed by atoms with E-state index in [1.165, 1.54) is 17.1 Å². The van der Waals surface area contributed by atoms with Crippen molar-refractivity contribution < 1.29 is 9.59 Å². The molecule has 0 unspecified atom stereocenters. The maximum atomic E-state index is 11.1. The first-order chi connectivity index (χ1) is 5.90. The lowest BCUT2D eigenvalue weighted by atomic mass is 10.1.